The maximum Gasteiger partial charge on any atom is 0.416 e. The average Bonchev–Trinajstić information content (AvgIpc) is 3.23. The third-order valence-electron chi connectivity index (χ3n) is 5.23. The van der Waals surface area contributed by atoms with Gasteiger partial charge in [0.15, 0.2) is 5.75 Å². The van der Waals surface area contributed by atoms with Crippen molar-refractivity contribution in [3.05, 3.63) is 65.9 Å². The van der Waals surface area contributed by atoms with Crippen LogP contribution in [-0.4, -0.2) is 36.6 Å². The van der Waals surface area contributed by atoms with Crippen molar-refractivity contribution in [2.75, 3.05) is 10.1 Å². The van der Waals surface area contributed by atoms with Crippen LogP contribution in [0.2, 0.25) is 0 Å². The lowest BCUT2D eigenvalue weighted by Gasteiger charge is -2.26. The summed E-state index contributed by atoms with van der Waals surface area (Å²) in [6, 6.07) is 9.66. The van der Waals surface area contributed by atoms with Crippen molar-refractivity contribution in [3.63, 3.8) is 0 Å². The molecule has 0 bridgehead atoms. The molecule has 37 heavy (non-hydrogen) atoms. The second-order valence-corrected chi connectivity index (χ2v) is 9.95. The number of rotatable bonds is 9. The molecule has 1 unspecified atom stereocenters. The summed E-state index contributed by atoms with van der Waals surface area (Å²) >= 11 is 0. The zero-order valence-corrected chi connectivity index (χ0v) is 21.2. The van der Waals surface area contributed by atoms with E-state index in [1.165, 1.54) is 24.4 Å². The number of hydrogen-bond donors (Lipinski definition) is 1. The number of H-pyrrole nitrogens is 1. The predicted octanol–water partition coefficient (Wildman–Crippen LogP) is 6.59. The van der Waals surface area contributed by atoms with Gasteiger partial charge in [0.05, 0.1) is 35.8 Å². The van der Waals surface area contributed by atoms with E-state index in [0.29, 0.717) is 10.7 Å². The highest BCUT2D eigenvalue weighted by Gasteiger charge is 2.39. The van der Waals surface area contributed by atoms with Gasteiger partial charge in [-0.2, -0.15) is 31.4 Å². The van der Waals surface area contributed by atoms with Crippen LogP contribution in [0.5, 0.6) is 5.75 Å². The Morgan fingerprint density at radius 3 is 2.27 bits per heavy atom. The van der Waals surface area contributed by atoms with Gasteiger partial charge in [0.2, 0.25) is 10.0 Å². The Kier molecular flexibility index (Phi) is 9.53. The van der Waals surface area contributed by atoms with Gasteiger partial charge in [-0.3, -0.25) is 9.40 Å². The number of aromatic nitrogens is 2. The first kappa shape index (κ1) is 30.3. The lowest BCUT2D eigenvalue weighted by Crippen LogP contribution is -2.37. The second kappa shape index (κ2) is 11.6. The van der Waals surface area contributed by atoms with Gasteiger partial charge < -0.3 is 4.74 Å². The molecule has 0 spiro atoms. The second-order valence-electron chi connectivity index (χ2n) is 8.06. The highest BCUT2D eigenvalue weighted by Crippen LogP contribution is 2.33. The molecule has 0 fully saturated rings. The molecule has 1 atom stereocenters. The molecule has 1 N–H and O–H groups in total. The molecule has 0 saturated carbocycles. The van der Waals surface area contributed by atoms with Gasteiger partial charge in [-0.05, 0) is 43.2 Å². The molecule has 1 heterocycles. The van der Waals surface area contributed by atoms with E-state index in [0.717, 1.165) is 24.3 Å². The van der Waals surface area contributed by atoms with E-state index in [1.54, 1.807) is 13.0 Å². The molecular weight excluding hydrogens is 548 g/mol. The summed E-state index contributed by atoms with van der Waals surface area (Å²) in [7, 11) is -4.92. The van der Waals surface area contributed by atoms with Crippen LogP contribution in [0.1, 0.15) is 31.4 Å². The monoisotopic (exact) mass is 571 g/mol. The molecular formula is C23H24ClF6N3O3S. The van der Waals surface area contributed by atoms with Crippen molar-refractivity contribution in [2.45, 2.75) is 45.3 Å². The van der Waals surface area contributed by atoms with Crippen LogP contribution in [0.4, 0.5) is 32.0 Å². The molecule has 3 aromatic rings. The maximum absolute atomic E-state index is 13.1. The van der Waals surface area contributed by atoms with Crippen LogP contribution < -0.4 is 9.04 Å². The third-order valence-corrected chi connectivity index (χ3v) is 6.94. The fraction of sp³-hybridized carbons (Fsp3) is 0.348. The number of anilines is 1. The van der Waals surface area contributed by atoms with Crippen LogP contribution in [0.25, 0.3) is 11.3 Å². The smallest absolute Gasteiger partial charge is 0.416 e. The molecule has 2 aromatic carbocycles. The minimum absolute atomic E-state index is 0. The van der Waals surface area contributed by atoms with Crippen LogP contribution in [-0.2, 0) is 22.7 Å². The topological polar surface area (TPSA) is 75.3 Å². The number of aromatic amines is 1. The zero-order valence-electron chi connectivity index (χ0n) is 19.6. The summed E-state index contributed by atoms with van der Waals surface area (Å²) in [5, 5.41) is 6.41. The van der Waals surface area contributed by atoms with Crippen molar-refractivity contribution in [1.82, 2.24) is 10.2 Å². The van der Waals surface area contributed by atoms with Crippen molar-refractivity contribution in [1.29, 1.82) is 0 Å². The Morgan fingerprint density at radius 2 is 1.70 bits per heavy atom. The van der Waals surface area contributed by atoms with Crippen molar-refractivity contribution >= 4 is 28.1 Å². The average molecular weight is 572 g/mol. The number of benzene rings is 2. The fourth-order valence-corrected chi connectivity index (χ4v) is 4.66. The Morgan fingerprint density at radius 1 is 1.05 bits per heavy atom. The van der Waals surface area contributed by atoms with E-state index in [4.69, 9.17) is 4.74 Å². The summed E-state index contributed by atoms with van der Waals surface area (Å²) in [5.41, 5.74) is -0.381. The molecule has 6 nitrogen and oxygen atoms in total. The number of nitrogens with zero attached hydrogens (tertiary/aromatic N) is 2. The van der Waals surface area contributed by atoms with Crippen LogP contribution in [0, 0.1) is 0 Å². The zero-order chi connectivity index (χ0) is 26.7. The predicted molar refractivity (Wildman–Crippen MR) is 129 cm³/mol. The van der Waals surface area contributed by atoms with Gasteiger partial charge in [0.1, 0.15) is 5.75 Å². The Bertz CT molecular complexity index is 1280. The normalized spacial score (nSPS) is 13.1. The summed E-state index contributed by atoms with van der Waals surface area (Å²) in [4.78, 5) is 0. The molecule has 0 saturated heterocycles. The minimum atomic E-state index is -5.01. The van der Waals surface area contributed by atoms with E-state index in [9.17, 15) is 34.8 Å². The van der Waals surface area contributed by atoms with Crippen molar-refractivity contribution < 1.29 is 39.5 Å². The van der Waals surface area contributed by atoms with Gasteiger partial charge in [0, 0.05) is 11.6 Å². The molecule has 0 radical (unpaired) electrons. The maximum atomic E-state index is 13.1. The number of ether oxygens (including phenoxy) is 1. The van der Waals surface area contributed by atoms with E-state index < -0.39 is 40.2 Å². The number of nitrogens with one attached hydrogen (secondary N) is 1. The highest BCUT2D eigenvalue weighted by molar-refractivity contribution is 7.92. The first-order valence-electron chi connectivity index (χ1n) is 10.7. The number of alkyl halides is 6. The van der Waals surface area contributed by atoms with Crippen LogP contribution >= 0.6 is 12.4 Å². The van der Waals surface area contributed by atoms with E-state index in [2.05, 4.69) is 10.2 Å². The minimum Gasteiger partial charge on any atom is -0.491 e. The first-order chi connectivity index (χ1) is 16.7. The van der Waals surface area contributed by atoms with Gasteiger partial charge in [-0.25, -0.2) is 8.42 Å². The lowest BCUT2D eigenvalue weighted by molar-refractivity contribution is -0.137. The van der Waals surface area contributed by atoms with Crippen molar-refractivity contribution in [2.24, 2.45) is 0 Å². The SMILES string of the molecule is CCC(C)Oc1cccc(N(Cc2cn[nH]c2-c2ccc(C(F)(F)F)cc2)S(=O)(=O)CC(F)(F)F)c1.Cl. The van der Waals surface area contributed by atoms with Gasteiger partial charge in [-0.15, -0.1) is 12.4 Å². The van der Waals surface area contributed by atoms with Gasteiger partial charge >= 0.3 is 12.4 Å². The number of sulfonamides is 1. The molecule has 0 aliphatic carbocycles. The molecule has 204 valence electrons. The lowest BCUT2D eigenvalue weighted by atomic mass is 10.1. The Hall–Kier alpha value is -2.93. The van der Waals surface area contributed by atoms with Crippen molar-refractivity contribution in [3.8, 4) is 17.0 Å². The molecule has 1 aromatic heterocycles. The van der Waals surface area contributed by atoms with E-state index >= 15 is 0 Å². The Balaban J connectivity index is 0.00000481. The molecule has 14 heteroatoms. The summed E-state index contributed by atoms with van der Waals surface area (Å²) in [6.07, 6.45) is -7.93. The Labute approximate surface area is 216 Å². The van der Waals surface area contributed by atoms with E-state index in [1.807, 2.05) is 6.92 Å². The van der Waals surface area contributed by atoms with Gasteiger partial charge in [0.25, 0.3) is 0 Å². The summed E-state index contributed by atoms with van der Waals surface area (Å²) in [5.74, 6) is -1.84. The molecule has 0 amide bonds. The van der Waals surface area contributed by atoms with Gasteiger partial charge in [-0.1, -0.05) is 25.1 Å². The van der Waals surface area contributed by atoms with Crippen LogP contribution in [0.15, 0.2) is 54.7 Å². The molecule has 0 aliphatic rings. The largest absolute Gasteiger partial charge is 0.491 e. The third kappa shape index (κ3) is 8.03. The highest BCUT2D eigenvalue weighted by atomic mass is 35.5. The fourth-order valence-electron chi connectivity index (χ4n) is 3.32. The van der Waals surface area contributed by atoms with E-state index in [-0.39, 0.29) is 46.8 Å². The molecule has 3 rings (SSSR count). The first-order valence-corrected chi connectivity index (χ1v) is 12.3. The summed E-state index contributed by atoms with van der Waals surface area (Å²) < 4.78 is 110. The number of halogens is 7. The quantitative estimate of drug-likeness (QED) is 0.294. The standard InChI is InChI=1S/C23H23F6N3O3S.ClH/c1-3-15(2)35-20-6-4-5-19(11-20)32(36(33,34)14-22(24,25)26)13-17-12-30-31-21(17)16-7-9-18(10-8-16)23(27,28)29;/h4-12,15H,3,13-14H2,1-2H3,(H,30,31);1H. The number of hydrogen-bond acceptors (Lipinski definition) is 4. The molecule has 0 aliphatic heterocycles. The van der Waals surface area contributed by atoms with Crippen LogP contribution in [0.3, 0.4) is 0 Å². The summed E-state index contributed by atoms with van der Waals surface area (Å²) in [6.45, 7) is 3.10.